The minimum Gasteiger partial charge on any atom is -0.493 e. The lowest BCUT2D eigenvalue weighted by molar-refractivity contribution is -0.0505. The second kappa shape index (κ2) is 11.5. The lowest BCUT2D eigenvalue weighted by Crippen LogP contribution is -2.37. The highest BCUT2D eigenvalue weighted by atomic mass is 32.1. The number of aliphatic imine (C=N–C) groups is 1. The lowest BCUT2D eigenvalue weighted by atomic mass is 10.2. The molecule has 2 rings (SSSR count). The Morgan fingerprint density at radius 2 is 2.07 bits per heavy atom. The summed E-state index contributed by atoms with van der Waals surface area (Å²) in [5.41, 5.74) is 1.64. The summed E-state index contributed by atoms with van der Waals surface area (Å²) in [5, 5.41) is 7.41. The Kier molecular flexibility index (Phi) is 9.11. The zero-order chi connectivity index (χ0) is 21.2. The van der Waals surface area contributed by atoms with Gasteiger partial charge in [-0.3, -0.25) is 4.99 Å². The molecule has 0 aliphatic rings. The number of hydrogen-bond donors (Lipinski definition) is 2. The van der Waals surface area contributed by atoms with E-state index in [1.165, 1.54) is 10.9 Å². The number of benzene rings is 1. The van der Waals surface area contributed by atoms with Crippen LogP contribution in [0.3, 0.4) is 0 Å². The largest absolute Gasteiger partial charge is 0.493 e. The number of halogens is 2. The first kappa shape index (κ1) is 22.9. The Morgan fingerprint density at radius 1 is 1.28 bits per heavy atom. The predicted molar refractivity (Wildman–Crippen MR) is 112 cm³/mol. The molecule has 0 unspecified atom stereocenters. The summed E-state index contributed by atoms with van der Waals surface area (Å²) in [4.78, 5) is 9.84. The number of nitrogens with one attached hydrogen (secondary N) is 2. The molecular weight excluding hydrogens is 398 g/mol. The fourth-order valence-corrected chi connectivity index (χ4v) is 3.63. The van der Waals surface area contributed by atoms with Crippen LogP contribution in [0.25, 0.3) is 0 Å². The van der Waals surface area contributed by atoms with Crippen LogP contribution in [-0.4, -0.2) is 37.8 Å². The van der Waals surface area contributed by atoms with Gasteiger partial charge >= 0.3 is 6.61 Å². The summed E-state index contributed by atoms with van der Waals surface area (Å²) in [6.07, 6.45) is 1.66. The minimum absolute atomic E-state index is 0.0901. The maximum Gasteiger partial charge on any atom is 0.387 e. The quantitative estimate of drug-likeness (QED) is 0.443. The molecule has 0 saturated carbocycles. The van der Waals surface area contributed by atoms with E-state index in [-0.39, 0.29) is 12.3 Å². The van der Waals surface area contributed by atoms with Gasteiger partial charge in [-0.1, -0.05) is 6.92 Å². The zero-order valence-electron chi connectivity index (χ0n) is 17.2. The van der Waals surface area contributed by atoms with Crippen molar-refractivity contribution < 1.29 is 18.3 Å². The molecule has 9 heteroatoms. The Morgan fingerprint density at radius 3 is 2.69 bits per heavy atom. The molecule has 6 nitrogen and oxygen atoms in total. The third kappa shape index (κ3) is 7.49. The normalized spacial score (nSPS) is 11.6. The molecule has 0 fully saturated rings. The monoisotopic (exact) mass is 426 g/mol. The number of ether oxygens (including phenoxy) is 2. The van der Waals surface area contributed by atoms with Crippen LogP contribution in [0, 0.1) is 13.8 Å². The smallest absolute Gasteiger partial charge is 0.387 e. The van der Waals surface area contributed by atoms with Gasteiger partial charge in [-0.05, 0) is 32.4 Å². The van der Waals surface area contributed by atoms with E-state index in [9.17, 15) is 8.78 Å². The van der Waals surface area contributed by atoms with Crippen LogP contribution in [-0.2, 0) is 13.0 Å². The molecule has 0 aliphatic carbocycles. The Hall–Kier alpha value is -2.42. The van der Waals surface area contributed by atoms with Crippen molar-refractivity contribution in [1.29, 1.82) is 0 Å². The molecule has 0 spiro atoms. The van der Waals surface area contributed by atoms with Crippen molar-refractivity contribution in [2.75, 3.05) is 20.2 Å². The molecular formula is C20H28F2N4O2S. The molecule has 0 atom stereocenters. The van der Waals surface area contributed by atoms with Gasteiger partial charge in [0.1, 0.15) is 11.5 Å². The summed E-state index contributed by atoms with van der Waals surface area (Å²) in [7, 11) is 1.66. The number of thiazole rings is 1. The van der Waals surface area contributed by atoms with Crippen LogP contribution in [0.4, 0.5) is 8.78 Å². The highest BCUT2D eigenvalue weighted by molar-refractivity contribution is 7.11. The zero-order valence-corrected chi connectivity index (χ0v) is 18.0. The van der Waals surface area contributed by atoms with Gasteiger partial charge in [0.05, 0.1) is 17.3 Å². The van der Waals surface area contributed by atoms with Gasteiger partial charge in [0, 0.05) is 43.1 Å². The number of aryl methyl sites for hydroxylation is 2. The first-order valence-electron chi connectivity index (χ1n) is 9.50. The lowest BCUT2D eigenvalue weighted by Gasteiger charge is -2.16. The highest BCUT2D eigenvalue weighted by Crippen LogP contribution is 2.26. The molecule has 1 heterocycles. The number of rotatable bonds is 10. The van der Waals surface area contributed by atoms with Crippen molar-refractivity contribution in [2.24, 2.45) is 4.99 Å². The summed E-state index contributed by atoms with van der Waals surface area (Å²) in [6.45, 7) is 4.56. The van der Waals surface area contributed by atoms with Crippen LogP contribution in [0.5, 0.6) is 11.5 Å². The molecule has 0 radical (unpaired) electrons. The topological polar surface area (TPSA) is 67.8 Å². The van der Waals surface area contributed by atoms with Crippen LogP contribution in [0.2, 0.25) is 0 Å². The van der Waals surface area contributed by atoms with Crippen molar-refractivity contribution in [2.45, 2.75) is 46.8 Å². The van der Waals surface area contributed by atoms with Crippen molar-refractivity contribution in [3.63, 3.8) is 0 Å². The Balaban J connectivity index is 1.93. The molecule has 0 amide bonds. The van der Waals surface area contributed by atoms with Crippen molar-refractivity contribution in [3.8, 4) is 11.5 Å². The van der Waals surface area contributed by atoms with Gasteiger partial charge in [-0.15, -0.1) is 11.3 Å². The molecule has 1 aromatic heterocycles. The third-order valence-corrected chi connectivity index (χ3v) is 5.17. The molecule has 29 heavy (non-hydrogen) atoms. The van der Waals surface area contributed by atoms with E-state index in [1.807, 2.05) is 20.8 Å². The average Bonchev–Trinajstić information content (AvgIpc) is 3.00. The maximum atomic E-state index is 12.8. The Bertz CT molecular complexity index is 812. The highest BCUT2D eigenvalue weighted by Gasteiger charge is 2.12. The van der Waals surface area contributed by atoms with E-state index in [0.717, 1.165) is 23.5 Å². The van der Waals surface area contributed by atoms with E-state index in [2.05, 4.69) is 25.3 Å². The predicted octanol–water partition coefficient (Wildman–Crippen LogP) is 4.06. The third-order valence-electron chi connectivity index (χ3n) is 4.04. The summed E-state index contributed by atoms with van der Waals surface area (Å²) in [5.74, 6) is 1.18. The molecule has 2 aromatic rings. The van der Waals surface area contributed by atoms with Crippen LogP contribution < -0.4 is 20.1 Å². The fraction of sp³-hybridized carbons (Fsp3) is 0.500. The minimum atomic E-state index is -2.90. The maximum absolute atomic E-state index is 12.8. The van der Waals surface area contributed by atoms with Crippen molar-refractivity contribution in [3.05, 3.63) is 39.3 Å². The number of alkyl halides is 2. The van der Waals surface area contributed by atoms with E-state index in [1.54, 1.807) is 30.5 Å². The van der Waals surface area contributed by atoms with E-state index < -0.39 is 6.61 Å². The van der Waals surface area contributed by atoms with Crippen LogP contribution in [0.15, 0.2) is 23.2 Å². The van der Waals surface area contributed by atoms with Gasteiger partial charge in [0.2, 0.25) is 0 Å². The summed E-state index contributed by atoms with van der Waals surface area (Å²) >= 11 is 1.69. The van der Waals surface area contributed by atoms with E-state index in [0.29, 0.717) is 30.4 Å². The van der Waals surface area contributed by atoms with Crippen LogP contribution >= 0.6 is 11.3 Å². The van der Waals surface area contributed by atoms with Gasteiger partial charge in [0.25, 0.3) is 0 Å². The molecule has 160 valence electrons. The second-order valence-electron chi connectivity index (χ2n) is 6.34. The van der Waals surface area contributed by atoms with Gasteiger partial charge < -0.3 is 20.1 Å². The van der Waals surface area contributed by atoms with Gasteiger partial charge in [-0.2, -0.15) is 8.78 Å². The molecule has 2 N–H and O–H groups in total. The summed E-state index contributed by atoms with van der Waals surface area (Å²) < 4.78 is 35.7. The number of nitrogens with zero attached hydrogens (tertiary/aromatic N) is 2. The second-order valence-corrected chi connectivity index (χ2v) is 7.63. The molecule has 0 saturated heterocycles. The van der Waals surface area contributed by atoms with Crippen molar-refractivity contribution in [1.82, 2.24) is 15.6 Å². The number of aromatic nitrogens is 1. The van der Waals surface area contributed by atoms with Crippen molar-refractivity contribution >= 4 is 17.3 Å². The fourth-order valence-electron chi connectivity index (χ4n) is 2.70. The molecule has 0 aliphatic heterocycles. The van der Waals surface area contributed by atoms with Gasteiger partial charge in [0.15, 0.2) is 5.96 Å². The van der Waals surface area contributed by atoms with Gasteiger partial charge in [-0.25, -0.2) is 4.98 Å². The first-order valence-corrected chi connectivity index (χ1v) is 10.3. The van der Waals surface area contributed by atoms with E-state index >= 15 is 0 Å². The Labute approximate surface area is 174 Å². The molecule has 0 bridgehead atoms. The number of hydrogen-bond acceptors (Lipinski definition) is 5. The van der Waals surface area contributed by atoms with E-state index in [4.69, 9.17) is 4.74 Å². The standard InChI is InChI=1S/C20H28F2N4O2S/c1-5-10-27-16-7-6-15(17(11-16)28-19(21)22)12-25-20(23-4)24-9-8-18-13(2)26-14(3)29-18/h6-7,11,19H,5,8-10,12H2,1-4H3,(H2,23,24,25). The van der Waals surface area contributed by atoms with Crippen LogP contribution in [0.1, 0.15) is 34.5 Å². The summed E-state index contributed by atoms with van der Waals surface area (Å²) in [6, 6.07) is 4.95. The number of guanidine groups is 1. The first-order chi connectivity index (χ1) is 13.9. The molecule has 1 aromatic carbocycles. The SMILES string of the molecule is CCCOc1ccc(CNC(=NC)NCCc2sc(C)nc2C)c(OC(F)F)c1. The average molecular weight is 427 g/mol.